The van der Waals surface area contributed by atoms with Gasteiger partial charge in [0, 0.05) is 28.0 Å². The number of unbranched alkanes of at least 4 members (excludes halogenated alkanes) is 1. The summed E-state index contributed by atoms with van der Waals surface area (Å²) in [5, 5.41) is 12.1. The van der Waals surface area contributed by atoms with Crippen LogP contribution in [0.4, 0.5) is 0 Å². The Labute approximate surface area is 117 Å². The molecule has 18 heavy (non-hydrogen) atoms. The van der Waals surface area contributed by atoms with E-state index in [0.29, 0.717) is 10.2 Å². The Bertz CT molecular complexity index is 560. The van der Waals surface area contributed by atoms with Gasteiger partial charge in [0.2, 0.25) is 0 Å². The maximum Gasteiger partial charge on any atom is 0.115 e. The smallest absolute Gasteiger partial charge is 0.115 e. The number of hydrogen-bond acceptors (Lipinski definition) is 1. The quantitative estimate of drug-likeness (QED) is 0.858. The van der Waals surface area contributed by atoms with E-state index in [1.54, 1.807) is 6.92 Å². The van der Waals surface area contributed by atoms with Crippen LogP contribution in [0.2, 0.25) is 10.2 Å². The second-order valence-electron chi connectivity index (χ2n) is 4.55. The SMILES string of the molecule is CCCCn1c(Cl)c(C(C)O)c2cc(Cl)ccc21. The van der Waals surface area contributed by atoms with Crippen molar-refractivity contribution in [3.63, 3.8) is 0 Å². The van der Waals surface area contributed by atoms with Crippen LogP contribution in [0.15, 0.2) is 18.2 Å². The van der Waals surface area contributed by atoms with Gasteiger partial charge in [-0.2, -0.15) is 0 Å². The van der Waals surface area contributed by atoms with E-state index in [0.717, 1.165) is 35.9 Å². The van der Waals surface area contributed by atoms with Crippen LogP contribution in [0.25, 0.3) is 10.9 Å². The van der Waals surface area contributed by atoms with Crippen molar-refractivity contribution in [3.05, 3.63) is 33.9 Å². The lowest BCUT2D eigenvalue weighted by atomic mass is 10.1. The molecule has 1 aromatic heterocycles. The zero-order chi connectivity index (χ0) is 13.3. The molecule has 0 aliphatic rings. The van der Waals surface area contributed by atoms with E-state index in [1.807, 2.05) is 18.2 Å². The lowest BCUT2D eigenvalue weighted by Crippen LogP contribution is -1.98. The summed E-state index contributed by atoms with van der Waals surface area (Å²) in [5.41, 5.74) is 1.80. The predicted octanol–water partition coefficient (Wildman–Crippen LogP) is 4.80. The molecule has 0 aliphatic carbocycles. The molecule has 0 saturated carbocycles. The average Bonchev–Trinajstić information content (AvgIpc) is 2.58. The Morgan fingerprint density at radius 2 is 2.06 bits per heavy atom. The molecule has 4 heteroatoms. The Hall–Kier alpha value is -0.700. The van der Waals surface area contributed by atoms with Crippen molar-refractivity contribution >= 4 is 34.1 Å². The van der Waals surface area contributed by atoms with Crippen LogP contribution < -0.4 is 0 Å². The first-order valence-electron chi connectivity index (χ1n) is 6.21. The van der Waals surface area contributed by atoms with Crippen molar-refractivity contribution in [2.75, 3.05) is 0 Å². The van der Waals surface area contributed by atoms with E-state index < -0.39 is 6.10 Å². The van der Waals surface area contributed by atoms with Crippen LogP contribution in [0.5, 0.6) is 0 Å². The summed E-state index contributed by atoms with van der Waals surface area (Å²) in [6.45, 7) is 4.73. The van der Waals surface area contributed by atoms with Crippen molar-refractivity contribution in [2.45, 2.75) is 39.3 Å². The lowest BCUT2D eigenvalue weighted by molar-refractivity contribution is 0.200. The summed E-state index contributed by atoms with van der Waals surface area (Å²) in [6.07, 6.45) is 1.57. The Kier molecular flexibility index (Phi) is 4.21. The van der Waals surface area contributed by atoms with Gasteiger partial charge in [0.05, 0.1) is 6.10 Å². The van der Waals surface area contributed by atoms with Crippen molar-refractivity contribution < 1.29 is 5.11 Å². The van der Waals surface area contributed by atoms with Crippen LogP contribution in [0.3, 0.4) is 0 Å². The number of aliphatic hydroxyl groups is 1. The molecule has 1 aromatic carbocycles. The molecule has 0 amide bonds. The average molecular weight is 286 g/mol. The zero-order valence-electron chi connectivity index (χ0n) is 10.6. The number of halogens is 2. The van der Waals surface area contributed by atoms with E-state index >= 15 is 0 Å². The number of aliphatic hydroxyl groups excluding tert-OH is 1. The van der Waals surface area contributed by atoms with Gasteiger partial charge in [-0.1, -0.05) is 36.5 Å². The minimum absolute atomic E-state index is 0.596. The normalized spacial score (nSPS) is 13.2. The van der Waals surface area contributed by atoms with Crippen LogP contribution in [0.1, 0.15) is 38.4 Å². The first kappa shape index (κ1) is 13.7. The minimum Gasteiger partial charge on any atom is -0.389 e. The highest BCUT2D eigenvalue weighted by Crippen LogP contribution is 2.36. The number of benzene rings is 1. The standard InChI is InChI=1S/C14H17Cl2NO/c1-3-4-7-17-12-6-5-10(15)8-11(12)13(9(2)18)14(17)16/h5-6,8-9,18H,3-4,7H2,1-2H3. The molecule has 0 spiro atoms. The third kappa shape index (κ3) is 2.37. The molecule has 2 aromatic rings. The van der Waals surface area contributed by atoms with Crippen molar-refractivity contribution in [1.29, 1.82) is 0 Å². The molecule has 0 bridgehead atoms. The summed E-state index contributed by atoms with van der Waals surface area (Å²) >= 11 is 12.4. The highest BCUT2D eigenvalue weighted by molar-refractivity contribution is 6.33. The van der Waals surface area contributed by atoms with Crippen LogP contribution in [-0.4, -0.2) is 9.67 Å². The molecule has 2 rings (SSSR count). The highest BCUT2D eigenvalue weighted by Gasteiger charge is 2.18. The lowest BCUT2D eigenvalue weighted by Gasteiger charge is -2.06. The number of fused-ring (bicyclic) bond motifs is 1. The van der Waals surface area contributed by atoms with E-state index in [1.165, 1.54) is 0 Å². The minimum atomic E-state index is -0.596. The topological polar surface area (TPSA) is 25.2 Å². The van der Waals surface area contributed by atoms with E-state index in [9.17, 15) is 5.11 Å². The highest BCUT2D eigenvalue weighted by atomic mass is 35.5. The van der Waals surface area contributed by atoms with E-state index in [2.05, 4.69) is 11.5 Å². The molecule has 1 atom stereocenters. The molecule has 1 unspecified atom stereocenters. The zero-order valence-corrected chi connectivity index (χ0v) is 12.1. The van der Waals surface area contributed by atoms with Gasteiger partial charge in [0.1, 0.15) is 5.15 Å². The number of aryl methyl sites for hydroxylation is 1. The largest absolute Gasteiger partial charge is 0.389 e. The summed E-state index contributed by atoms with van der Waals surface area (Å²) in [4.78, 5) is 0. The summed E-state index contributed by atoms with van der Waals surface area (Å²) in [7, 11) is 0. The summed E-state index contributed by atoms with van der Waals surface area (Å²) < 4.78 is 2.05. The third-order valence-corrected chi connectivity index (χ3v) is 3.79. The molecule has 2 nitrogen and oxygen atoms in total. The van der Waals surface area contributed by atoms with Gasteiger partial charge in [-0.25, -0.2) is 0 Å². The number of rotatable bonds is 4. The third-order valence-electron chi connectivity index (χ3n) is 3.15. The molecule has 0 aliphatic heterocycles. The molecule has 0 fully saturated rings. The molecule has 1 N–H and O–H groups in total. The van der Waals surface area contributed by atoms with Gasteiger partial charge in [0.15, 0.2) is 0 Å². The molecular formula is C14H17Cl2NO. The second kappa shape index (κ2) is 5.52. The molecular weight excluding hydrogens is 269 g/mol. The van der Waals surface area contributed by atoms with Gasteiger partial charge in [-0.05, 0) is 31.5 Å². The van der Waals surface area contributed by atoms with Crippen molar-refractivity contribution in [1.82, 2.24) is 4.57 Å². The van der Waals surface area contributed by atoms with Gasteiger partial charge in [-0.3, -0.25) is 0 Å². The second-order valence-corrected chi connectivity index (χ2v) is 5.34. The van der Waals surface area contributed by atoms with E-state index in [-0.39, 0.29) is 0 Å². The Morgan fingerprint density at radius 1 is 1.33 bits per heavy atom. The predicted molar refractivity (Wildman–Crippen MR) is 77.5 cm³/mol. The number of aromatic nitrogens is 1. The van der Waals surface area contributed by atoms with Gasteiger partial charge < -0.3 is 9.67 Å². The maximum atomic E-state index is 9.89. The molecule has 0 saturated heterocycles. The molecule has 1 heterocycles. The number of nitrogens with zero attached hydrogens (tertiary/aromatic N) is 1. The van der Waals surface area contributed by atoms with Crippen molar-refractivity contribution in [3.8, 4) is 0 Å². The van der Waals surface area contributed by atoms with Crippen LogP contribution in [0, 0.1) is 0 Å². The number of hydrogen-bond donors (Lipinski definition) is 1. The Morgan fingerprint density at radius 3 is 2.67 bits per heavy atom. The fourth-order valence-electron chi connectivity index (χ4n) is 2.25. The summed E-state index contributed by atoms with van der Waals surface area (Å²) in [6, 6.07) is 5.69. The fourth-order valence-corrected chi connectivity index (χ4v) is 2.86. The monoisotopic (exact) mass is 285 g/mol. The van der Waals surface area contributed by atoms with Crippen molar-refractivity contribution in [2.24, 2.45) is 0 Å². The Balaban J connectivity index is 2.66. The van der Waals surface area contributed by atoms with E-state index in [4.69, 9.17) is 23.2 Å². The van der Waals surface area contributed by atoms with Crippen LogP contribution in [-0.2, 0) is 6.54 Å². The first-order valence-corrected chi connectivity index (χ1v) is 6.97. The molecule has 0 radical (unpaired) electrons. The van der Waals surface area contributed by atoms with Gasteiger partial charge >= 0.3 is 0 Å². The maximum absolute atomic E-state index is 9.89. The van der Waals surface area contributed by atoms with Gasteiger partial charge in [0.25, 0.3) is 0 Å². The first-order chi connectivity index (χ1) is 8.56. The summed E-state index contributed by atoms with van der Waals surface area (Å²) in [5.74, 6) is 0. The van der Waals surface area contributed by atoms with Crippen LogP contribution >= 0.6 is 23.2 Å². The fraction of sp³-hybridized carbons (Fsp3) is 0.429. The molecule has 98 valence electrons. The van der Waals surface area contributed by atoms with Gasteiger partial charge in [-0.15, -0.1) is 0 Å².